The number of rotatable bonds is 1. The highest BCUT2D eigenvalue weighted by atomic mass is 16.5. The number of hydrogen-bond acceptors (Lipinski definition) is 4. The van der Waals surface area contributed by atoms with Crippen LogP contribution in [0.15, 0.2) is 35.7 Å². The molecule has 0 N–H and O–H groups in total. The van der Waals surface area contributed by atoms with Crippen molar-refractivity contribution in [2.45, 2.75) is 0 Å². The van der Waals surface area contributed by atoms with Gasteiger partial charge in [-0.1, -0.05) is 6.08 Å². The first-order valence-electron chi connectivity index (χ1n) is 4.01. The molecule has 0 aliphatic carbocycles. The highest BCUT2D eigenvalue weighted by Gasteiger charge is 2.16. The summed E-state index contributed by atoms with van der Waals surface area (Å²) in [6, 6.07) is 1.83. The molecule has 72 valence electrons. The van der Waals surface area contributed by atoms with Crippen molar-refractivity contribution < 1.29 is 9.53 Å². The van der Waals surface area contributed by atoms with Gasteiger partial charge in [-0.15, -0.1) is 0 Å². The average Bonchev–Trinajstić information content (AvgIpc) is 2.21. The molecule has 0 saturated heterocycles. The van der Waals surface area contributed by atoms with E-state index in [9.17, 15) is 4.79 Å². The first-order valence-corrected chi connectivity index (χ1v) is 4.01. The van der Waals surface area contributed by atoms with Crippen LogP contribution in [-0.2, 0) is 9.53 Å². The second kappa shape index (κ2) is 4.28. The van der Waals surface area contributed by atoms with Crippen molar-refractivity contribution in [2.24, 2.45) is 0 Å². The maximum absolute atomic E-state index is 11.2. The Morgan fingerprint density at radius 2 is 2.29 bits per heavy atom. The third-order valence-electron chi connectivity index (χ3n) is 1.81. The fourth-order valence-electron chi connectivity index (χ4n) is 1.09. The van der Waals surface area contributed by atoms with Crippen LogP contribution in [0.1, 0.15) is 0 Å². The molecule has 0 atom stereocenters. The van der Waals surface area contributed by atoms with Gasteiger partial charge in [-0.2, -0.15) is 5.26 Å². The molecule has 4 nitrogen and oxygen atoms in total. The number of carbonyl (C=O) groups excluding carboxylic acids is 1. The summed E-state index contributed by atoms with van der Waals surface area (Å²) in [7, 11) is 3.01. The minimum Gasteiger partial charge on any atom is -0.465 e. The quantitative estimate of drug-likeness (QED) is 0.351. The number of likely N-dealkylation sites (N-methyl/N-ethyl adjacent to an activating group) is 1. The molecule has 1 heterocycles. The fourth-order valence-corrected chi connectivity index (χ4v) is 1.09. The number of carbonyl (C=O) groups is 1. The van der Waals surface area contributed by atoms with Gasteiger partial charge in [0.25, 0.3) is 0 Å². The molecular weight excluding hydrogens is 180 g/mol. The summed E-state index contributed by atoms with van der Waals surface area (Å²) >= 11 is 0. The second-order valence-corrected chi connectivity index (χ2v) is 2.68. The summed E-state index contributed by atoms with van der Waals surface area (Å²) in [4.78, 5) is 12.9. The zero-order valence-electron chi connectivity index (χ0n) is 8.02. The summed E-state index contributed by atoms with van der Waals surface area (Å²) in [6.45, 7) is 0. The van der Waals surface area contributed by atoms with Crippen LogP contribution in [0.4, 0.5) is 0 Å². The van der Waals surface area contributed by atoms with Crippen molar-refractivity contribution >= 4 is 5.97 Å². The summed E-state index contributed by atoms with van der Waals surface area (Å²) in [5.41, 5.74) is 0.553. The molecule has 4 heteroatoms. The molecule has 1 aliphatic rings. The van der Waals surface area contributed by atoms with Gasteiger partial charge in [0, 0.05) is 13.2 Å². The molecule has 0 amide bonds. The zero-order valence-corrected chi connectivity index (χ0v) is 8.02. The number of allylic oxidation sites excluding steroid dienone is 3. The summed E-state index contributed by atoms with van der Waals surface area (Å²) in [5.74, 6) is -0.616. The van der Waals surface area contributed by atoms with Crippen molar-refractivity contribution in [3.05, 3.63) is 35.7 Å². The van der Waals surface area contributed by atoms with E-state index in [1.807, 2.05) is 12.1 Å². The van der Waals surface area contributed by atoms with Crippen LogP contribution >= 0.6 is 0 Å². The summed E-state index contributed by atoms with van der Waals surface area (Å²) in [6.07, 6.45) is 7.02. The molecule has 0 saturated carbocycles. The van der Waals surface area contributed by atoms with Crippen LogP contribution in [-0.4, -0.2) is 25.0 Å². The second-order valence-electron chi connectivity index (χ2n) is 2.68. The SMILES string of the molecule is COC(=O)/C(C#N)=C1/C=CC=CN1C. The number of esters is 1. The van der Waals surface area contributed by atoms with Gasteiger partial charge in [0.05, 0.1) is 12.8 Å². The standard InChI is InChI=1S/C10H10N2O2/c1-12-6-4-3-5-9(12)8(7-11)10(13)14-2/h3-6H,1-2H3/b9-8-. The zero-order chi connectivity index (χ0) is 10.6. The molecule has 0 bridgehead atoms. The van der Waals surface area contributed by atoms with Gasteiger partial charge < -0.3 is 9.64 Å². The first-order chi connectivity index (χ1) is 6.70. The topological polar surface area (TPSA) is 53.3 Å². The average molecular weight is 190 g/mol. The highest BCUT2D eigenvalue weighted by molar-refractivity contribution is 5.94. The number of methoxy groups -OCH3 is 1. The Hall–Kier alpha value is -2.02. The van der Waals surface area contributed by atoms with Crippen LogP contribution in [0.2, 0.25) is 0 Å². The van der Waals surface area contributed by atoms with E-state index in [4.69, 9.17) is 5.26 Å². The number of nitrogens with zero attached hydrogens (tertiary/aromatic N) is 2. The lowest BCUT2D eigenvalue weighted by atomic mass is 10.1. The van der Waals surface area contributed by atoms with Gasteiger partial charge in [-0.05, 0) is 12.2 Å². The molecule has 14 heavy (non-hydrogen) atoms. The number of hydrogen-bond donors (Lipinski definition) is 0. The van der Waals surface area contributed by atoms with Gasteiger partial charge in [0.2, 0.25) is 0 Å². The van der Waals surface area contributed by atoms with Gasteiger partial charge in [0.15, 0.2) is 5.57 Å². The van der Waals surface area contributed by atoms with E-state index in [-0.39, 0.29) is 5.57 Å². The van der Waals surface area contributed by atoms with Gasteiger partial charge in [-0.25, -0.2) is 4.79 Å². The molecule has 1 aliphatic heterocycles. The minimum atomic E-state index is -0.616. The Morgan fingerprint density at radius 1 is 1.57 bits per heavy atom. The van der Waals surface area contributed by atoms with Crippen molar-refractivity contribution in [2.75, 3.05) is 14.2 Å². The first kappa shape index (κ1) is 10.1. The van der Waals surface area contributed by atoms with Crippen LogP contribution in [0, 0.1) is 11.3 Å². The Bertz CT molecular complexity index is 372. The third-order valence-corrected chi connectivity index (χ3v) is 1.81. The predicted molar refractivity (Wildman–Crippen MR) is 50.7 cm³/mol. The summed E-state index contributed by atoms with van der Waals surface area (Å²) in [5, 5.41) is 8.80. The molecule has 0 radical (unpaired) electrons. The number of nitriles is 1. The van der Waals surface area contributed by atoms with Crippen molar-refractivity contribution in [3.63, 3.8) is 0 Å². The minimum absolute atomic E-state index is 0.00981. The molecule has 0 fully saturated rings. The van der Waals surface area contributed by atoms with E-state index in [1.54, 1.807) is 30.3 Å². The smallest absolute Gasteiger partial charge is 0.350 e. The lowest BCUT2D eigenvalue weighted by molar-refractivity contribution is -0.135. The van der Waals surface area contributed by atoms with Gasteiger partial charge >= 0.3 is 5.97 Å². The van der Waals surface area contributed by atoms with Crippen LogP contribution in [0.25, 0.3) is 0 Å². The monoisotopic (exact) mass is 190 g/mol. The van der Waals surface area contributed by atoms with Crippen LogP contribution in [0.3, 0.4) is 0 Å². The molecule has 0 spiro atoms. The molecule has 1 rings (SSSR count). The molecule has 0 aromatic carbocycles. The predicted octanol–water partition coefficient (Wildman–Crippen LogP) is 0.952. The van der Waals surface area contributed by atoms with E-state index in [0.717, 1.165) is 0 Å². The van der Waals surface area contributed by atoms with E-state index in [1.165, 1.54) is 7.11 Å². The van der Waals surface area contributed by atoms with Gasteiger partial charge in [0.1, 0.15) is 6.07 Å². The Balaban J connectivity index is 3.13. The molecular formula is C10H10N2O2. The van der Waals surface area contributed by atoms with E-state index < -0.39 is 5.97 Å². The van der Waals surface area contributed by atoms with E-state index in [0.29, 0.717) is 5.70 Å². The lowest BCUT2D eigenvalue weighted by Crippen LogP contribution is -2.17. The Morgan fingerprint density at radius 3 is 2.79 bits per heavy atom. The lowest BCUT2D eigenvalue weighted by Gasteiger charge is -2.18. The summed E-state index contributed by atoms with van der Waals surface area (Å²) < 4.78 is 4.50. The third kappa shape index (κ3) is 1.83. The van der Waals surface area contributed by atoms with E-state index >= 15 is 0 Å². The Kier molecular flexibility index (Phi) is 3.08. The van der Waals surface area contributed by atoms with Crippen molar-refractivity contribution in [1.82, 2.24) is 4.90 Å². The Labute approximate surface area is 82.4 Å². The molecule has 0 aromatic rings. The van der Waals surface area contributed by atoms with Crippen molar-refractivity contribution in [1.29, 1.82) is 5.26 Å². The molecule has 0 unspecified atom stereocenters. The van der Waals surface area contributed by atoms with Crippen LogP contribution in [0.5, 0.6) is 0 Å². The van der Waals surface area contributed by atoms with E-state index in [2.05, 4.69) is 4.74 Å². The normalized spacial score (nSPS) is 17.6. The maximum atomic E-state index is 11.2. The largest absolute Gasteiger partial charge is 0.465 e. The maximum Gasteiger partial charge on any atom is 0.350 e. The van der Waals surface area contributed by atoms with Crippen LogP contribution < -0.4 is 0 Å². The highest BCUT2D eigenvalue weighted by Crippen LogP contribution is 2.15. The molecule has 0 aromatic heterocycles. The van der Waals surface area contributed by atoms with Crippen molar-refractivity contribution in [3.8, 4) is 6.07 Å². The fraction of sp³-hybridized carbons (Fsp3) is 0.200. The number of ether oxygens (including phenoxy) is 1. The van der Waals surface area contributed by atoms with Gasteiger partial charge in [-0.3, -0.25) is 0 Å².